The summed E-state index contributed by atoms with van der Waals surface area (Å²) in [5.41, 5.74) is 0. The SMILES string of the molecule is BrCC1CN(CCSc2ccccc2)CCO1. The van der Waals surface area contributed by atoms with Crippen molar-refractivity contribution in [3.63, 3.8) is 0 Å². The molecule has 1 aromatic rings. The number of hydrogen-bond acceptors (Lipinski definition) is 3. The Morgan fingerprint density at radius 2 is 2.18 bits per heavy atom. The van der Waals surface area contributed by atoms with E-state index in [0.717, 1.165) is 37.3 Å². The zero-order chi connectivity index (χ0) is 11.9. The van der Waals surface area contributed by atoms with Gasteiger partial charge in [-0.15, -0.1) is 11.8 Å². The van der Waals surface area contributed by atoms with E-state index in [1.807, 2.05) is 11.8 Å². The predicted molar refractivity (Wildman–Crippen MR) is 77.1 cm³/mol. The second kappa shape index (κ2) is 7.41. The van der Waals surface area contributed by atoms with Crippen LogP contribution < -0.4 is 0 Å². The van der Waals surface area contributed by atoms with Crippen molar-refractivity contribution < 1.29 is 4.74 Å². The molecular formula is C13H18BrNOS. The number of benzene rings is 1. The van der Waals surface area contributed by atoms with Gasteiger partial charge in [0.1, 0.15) is 0 Å². The van der Waals surface area contributed by atoms with E-state index in [1.165, 1.54) is 4.90 Å². The number of morpholine rings is 1. The highest BCUT2D eigenvalue weighted by Gasteiger charge is 2.18. The van der Waals surface area contributed by atoms with Crippen LogP contribution in [-0.4, -0.2) is 48.3 Å². The highest BCUT2D eigenvalue weighted by atomic mass is 79.9. The Hall–Kier alpha value is -0.0300. The van der Waals surface area contributed by atoms with Crippen molar-refractivity contribution in [2.45, 2.75) is 11.0 Å². The maximum absolute atomic E-state index is 5.63. The van der Waals surface area contributed by atoms with Gasteiger partial charge in [0.25, 0.3) is 0 Å². The van der Waals surface area contributed by atoms with Crippen LogP contribution in [0.25, 0.3) is 0 Å². The molecule has 0 radical (unpaired) electrons. The van der Waals surface area contributed by atoms with Gasteiger partial charge in [0.2, 0.25) is 0 Å². The number of thioether (sulfide) groups is 1. The minimum Gasteiger partial charge on any atom is -0.375 e. The zero-order valence-corrected chi connectivity index (χ0v) is 12.3. The zero-order valence-electron chi connectivity index (χ0n) is 9.85. The highest BCUT2D eigenvalue weighted by Crippen LogP contribution is 2.17. The van der Waals surface area contributed by atoms with Crippen LogP contribution in [0, 0.1) is 0 Å². The van der Waals surface area contributed by atoms with Crippen LogP contribution in [0.15, 0.2) is 35.2 Å². The Kier molecular flexibility index (Phi) is 5.85. The molecule has 1 fully saturated rings. The van der Waals surface area contributed by atoms with Crippen molar-refractivity contribution >= 4 is 27.7 Å². The van der Waals surface area contributed by atoms with Crippen LogP contribution in [0.2, 0.25) is 0 Å². The molecule has 2 nitrogen and oxygen atoms in total. The molecule has 94 valence electrons. The van der Waals surface area contributed by atoms with E-state index in [4.69, 9.17) is 4.74 Å². The van der Waals surface area contributed by atoms with Crippen molar-refractivity contribution in [1.82, 2.24) is 4.90 Å². The first kappa shape index (κ1) is 13.4. The van der Waals surface area contributed by atoms with Gasteiger partial charge in [-0.1, -0.05) is 34.1 Å². The third-order valence-corrected chi connectivity index (χ3v) is 4.53. The molecular weight excluding hydrogens is 298 g/mol. The van der Waals surface area contributed by atoms with E-state index < -0.39 is 0 Å². The van der Waals surface area contributed by atoms with Gasteiger partial charge in [0, 0.05) is 35.6 Å². The van der Waals surface area contributed by atoms with Gasteiger partial charge in [-0.2, -0.15) is 0 Å². The number of hydrogen-bond donors (Lipinski definition) is 0. The van der Waals surface area contributed by atoms with Gasteiger partial charge in [0.05, 0.1) is 12.7 Å². The van der Waals surface area contributed by atoms with Gasteiger partial charge in [0.15, 0.2) is 0 Å². The average Bonchev–Trinajstić information content (AvgIpc) is 2.40. The van der Waals surface area contributed by atoms with Gasteiger partial charge < -0.3 is 4.74 Å². The summed E-state index contributed by atoms with van der Waals surface area (Å²) < 4.78 is 5.63. The molecule has 0 saturated carbocycles. The van der Waals surface area contributed by atoms with Gasteiger partial charge >= 0.3 is 0 Å². The summed E-state index contributed by atoms with van der Waals surface area (Å²) in [6.45, 7) is 4.14. The largest absolute Gasteiger partial charge is 0.375 e. The number of nitrogens with zero attached hydrogens (tertiary/aromatic N) is 1. The van der Waals surface area contributed by atoms with Crippen LogP contribution in [0.3, 0.4) is 0 Å². The van der Waals surface area contributed by atoms with Crippen LogP contribution in [0.5, 0.6) is 0 Å². The van der Waals surface area contributed by atoms with E-state index in [9.17, 15) is 0 Å². The van der Waals surface area contributed by atoms with Crippen LogP contribution in [0.4, 0.5) is 0 Å². The molecule has 0 aromatic heterocycles. The van der Waals surface area contributed by atoms with Crippen molar-refractivity contribution in [2.24, 2.45) is 0 Å². The molecule has 1 heterocycles. The predicted octanol–water partition coefficient (Wildman–Crippen LogP) is 2.87. The summed E-state index contributed by atoms with van der Waals surface area (Å²) in [6, 6.07) is 10.6. The normalized spacial score (nSPS) is 21.6. The molecule has 1 saturated heterocycles. The highest BCUT2D eigenvalue weighted by molar-refractivity contribution is 9.09. The Balaban J connectivity index is 1.68. The maximum atomic E-state index is 5.63. The van der Waals surface area contributed by atoms with Crippen molar-refractivity contribution in [1.29, 1.82) is 0 Å². The third kappa shape index (κ3) is 4.62. The Labute approximate surface area is 116 Å². The topological polar surface area (TPSA) is 12.5 Å². The number of halogens is 1. The molecule has 0 bridgehead atoms. The van der Waals surface area contributed by atoms with Gasteiger partial charge in [-0.05, 0) is 12.1 Å². The standard InChI is InChI=1S/C13H18BrNOS/c14-10-12-11-15(6-8-16-12)7-9-17-13-4-2-1-3-5-13/h1-5,12H,6-11H2. The average molecular weight is 316 g/mol. The fourth-order valence-electron chi connectivity index (χ4n) is 1.89. The van der Waals surface area contributed by atoms with E-state index in [0.29, 0.717) is 6.10 Å². The molecule has 4 heteroatoms. The third-order valence-electron chi connectivity index (χ3n) is 2.81. The summed E-state index contributed by atoms with van der Waals surface area (Å²) in [4.78, 5) is 3.85. The molecule has 17 heavy (non-hydrogen) atoms. The lowest BCUT2D eigenvalue weighted by molar-refractivity contribution is -0.0127. The Bertz CT molecular complexity index is 322. The molecule has 1 atom stereocenters. The number of rotatable bonds is 5. The van der Waals surface area contributed by atoms with E-state index in [2.05, 4.69) is 51.2 Å². The molecule has 0 amide bonds. The number of ether oxygens (including phenoxy) is 1. The van der Waals surface area contributed by atoms with Crippen molar-refractivity contribution in [3.05, 3.63) is 30.3 Å². The molecule has 1 aliphatic heterocycles. The van der Waals surface area contributed by atoms with E-state index in [1.54, 1.807) is 0 Å². The summed E-state index contributed by atoms with van der Waals surface area (Å²) in [6.07, 6.45) is 0.366. The molecule has 1 aromatic carbocycles. The van der Waals surface area contributed by atoms with E-state index >= 15 is 0 Å². The van der Waals surface area contributed by atoms with Crippen molar-refractivity contribution in [3.8, 4) is 0 Å². The minimum atomic E-state index is 0.366. The lowest BCUT2D eigenvalue weighted by Crippen LogP contribution is -2.44. The molecule has 1 unspecified atom stereocenters. The Morgan fingerprint density at radius 1 is 1.35 bits per heavy atom. The van der Waals surface area contributed by atoms with Crippen LogP contribution >= 0.6 is 27.7 Å². The minimum absolute atomic E-state index is 0.366. The van der Waals surface area contributed by atoms with Crippen LogP contribution in [-0.2, 0) is 4.74 Å². The molecule has 1 aliphatic rings. The Morgan fingerprint density at radius 3 is 2.94 bits per heavy atom. The summed E-state index contributed by atoms with van der Waals surface area (Å²) >= 11 is 5.42. The number of alkyl halides is 1. The van der Waals surface area contributed by atoms with Crippen molar-refractivity contribution in [2.75, 3.05) is 37.3 Å². The quantitative estimate of drug-likeness (QED) is 0.612. The summed E-state index contributed by atoms with van der Waals surface area (Å²) in [7, 11) is 0. The van der Waals surface area contributed by atoms with Crippen LogP contribution in [0.1, 0.15) is 0 Å². The fraction of sp³-hybridized carbons (Fsp3) is 0.538. The molecule has 0 spiro atoms. The van der Waals surface area contributed by atoms with Gasteiger partial charge in [-0.3, -0.25) is 4.90 Å². The second-order valence-corrected chi connectivity index (χ2v) is 5.93. The summed E-state index contributed by atoms with van der Waals surface area (Å²) in [5, 5.41) is 0.940. The monoisotopic (exact) mass is 315 g/mol. The molecule has 2 rings (SSSR count). The smallest absolute Gasteiger partial charge is 0.0799 e. The first-order valence-corrected chi connectivity index (χ1v) is 8.07. The maximum Gasteiger partial charge on any atom is 0.0799 e. The summed E-state index contributed by atoms with van der Waals surface area (Å²) in [5.74, 6) is 1.15. The first-order chi connectivity index (χ1) is 8.38. The lowest BCUT2D eigenvalue weighted by Gasteiger charge is -2.31. The van der Waals surface area contributed by atoms with Gasteiger partial charge in [-0.25, -0.2) is 0 Å². The molecule has 0 N–H and O–H groups in total. The lowest BCUT2D eigenvalue weighted by atomic mass is 10.3. The first-order valence-electron chi connectivity index (χ1n) is 5.96. The second-order valence-electron chi connectivity index (χ2n) is 4.11. The fourth-order valence-corrected chi connectivity index (χ4v) is 3.21. The molecule has 0 aliphatic carbocycles. The van der Waals surface area contributed by atoms with E-state index in [-0.39, 0.29) is 0 Å².